The molecule has 1 aromatic heterocycles. The molecule has 2 saturated heterocycles. The van der Waals surface area contributed by atoms with Crippen LogP contribution < -0.4 is 10.2 Å². The molecular weight excluding hydrogens is 584 g/mol. The Kier molecular flexibility index (Phi) is 8.27. The van der Waals surface area contributed by atoms with Crippen molar-refractivity contribution in [1.82, 2.24) is 0 Å². The molecule has 0 aliphatic carbocycles. The predicted molar refractivity (Wildman–Crippen MR) is 137 cm³/mol. The van der Waals surface area contributed by atoms with Crippen LogP contribution in [0.4, 0.5) is 0 Å². The number of phenolic OH excluding ortho intramolecular Hbond substituents is 5. The van der Waals surface area contributed by atoms with E-state index in [-0.39, 0.29) is 11.1 Å². The molecule has 3 heterocycles. The van der Waals surface area contributed by atoms with Crippen LogP contribution in [-0.2, 0) is 14.2 Å². The van der Waals surface area contributed by atoms with Gasteiger partial charge < -0.3 is 79.5 Å². The molecule has 9 atom stereocenters. The minimum atomic E-state index is -1.95. The van der Waals surface area contributed by atoms with E-state index in [0.29, 0.717) is 0 Å². The van der Waals surface area contributed by atoms with Crippen molar-refractivity contribution in [3.05, 3.63) is 34.5 Å². The zero-order chi connectivity index (χ0) is 31.3. The van der Waals surface area contributed by atoms with E-state index in [4.69, 9.17) is 23.4 Å². The Hall–Kier alpha value is -3.91. The maximum absolute atomic E-state index is 13.7. The Morgan fingerprint density at radius 2 is 1.49 bits per heavy atom. The van der Waals surface area contributed by atoms with E-state index < -0.39 is 120 Å². The molecule has 2 aromatic carbocycles. The second-order valence-electron chi connectivity index (χ2n) is 9.97. The molecule has 11 N–H and O–H groups in total. The molecule has 2 aliphatic rings. The minimum absolute atomic E-state index is 0.277. The number of hydrogen-bond acceptors (Lipinski definition) is 17. The molecule has 3 aromatic rings. The van der Waals surface area contributed by atoms with E-state index in [1.807, 2.05) is 0 Å². The Bertz CT molecular complexity index is 1530. The molecule has 17 nitrogen and oxygen atoms in total. The third-order valence-corrected chi connectivity index (χ3v) is 7.05. The molecule has 43 heavy (non-hydrogen) atoms. The summed E-state index contributed by atoms with van der Waals surface area (Å²) >= 11 is 0. The lowest BCUT2D eigenvalue weighted by Crippen LogP contribution is -2.64. The summed E-state index contributed by atoms with van der Waals surface area (Å²) in [4.78, 5) is 13.7. The Morgan fingerprint density at radius 3 is 2.14 bits per heavy atom. The molecule has 17 heteroatoms. The van der Waals surface area contributed by atoms with Gasteiger partial charge >= 0.3 is 0 Å². The first-order valence-electron chi connectivity index (χ1n) is 12.7. The molecule has 0 bridgehead atoms. The lowest BCUT2D eigenvalue weighted by atomic mass is 9.98. The fourth-order valence-electron chi connectivity index (χ4n) is 4.77. The van der Waals surface area contributed by atoms with Crippen molar-refractivity contribution < 1.29 is 79.5 Å². The third kappa shape index (κ3) is 5.49. The summed E-state index contributed by atoms with van der Waals surface area (Å²) in [5, 5.41) is 111. The van der Waals surface area contributed by atoms with E-state index in [1.165, 1.54) is 0 Å². The number of fused-ring (bicyclic) bond motifs is 1. The van der Waals surface area contributed by atoms with Crippen LogP contribution in [-0.4, -0.2) is 125 Å². The first-order chi connectivity index (χ1) is 20.3. The van der Waals surface area contributed by atoms with E-state index in [0.717, 1.165) is 24.3 Å². The lowest BCUT2D eigenvalue weighted by molar-refractivity contribution is -0.345. The highest BCUT2D eigenvalue weighted by Gasteiger charge is 2.50. The molecular formula is C26H28O17. The Labute approximate surface area is 239 Å². The van der Waals surface area contributed by atoms with Gasteiger partial charge in [-0.05, 0) is 12.1 Å². The van der Waals surface area contributed by atoms with Crippen molar-refractivity contribution in [2.45, 2.75) is 55.3 Å². The SMILES string of the molecule is O=c1c(O[C@@H]2OC(CO)[C@@H](O)C(O)C2O[C@@H]2OC[C@@H](O)C(O)[C@H]2O)c(-c2cc(O)c(O)c(O)c2)oc2cc(O)cc(O)c12. The van der Waals surface area contributed by atoms with Gasteiger partial charge in [-0.3, -0.25) is 4.79 Å². The number of aromatic hydroxyl groups is 5. The number of phenols is 5. The summed E-state index contributed by atoms with van der Waals surface area (Å²) < 4.78 is 27.8. The van der Waals surface area contributed by atoms with E-state index in [1.54, 1.807) is 0 Å². The van der Waals surface area contributed by atoms with Crippen LogP contribution in [0.2, 0.25) is 0 Å². The largest absolute Gasteiger partial charge is 0.508 e. The molecule has 0 radical (unpaired) electrons. The van der Waals surface area contributed by atoms with Gasteiger partial charge in [-0.15, -0.1) is 0 Å². The number of rotatable bonds is 6. The van der Waals surface area contributed by atoms with Gasteiger partial charge in [0.2, 0.25) is 17.5 Å². The van der Waals surface area contributed by atoms with Gasteiger partial charge in [0.05, 0.1) is 13.2 Å². The van der Waals surface area contributed by atoms with Crippen molar-refractivity contribution in [1.29, 1.82) is 0 Å². The van der Waals surface area contributed by atoms with Crippen molar-refractivity contribution in [2.75, 3.05) is 13.2 Å². The quantitative estimate of drug-likeness (QED) is 0.130. The number of benzene rings is 2. The van der Waals surface area contributed by atoms with Gasteiger partial charge in [-0.1, -0.05) is 0 Å². The van der Waals surface area contributed by atoms with Gasteiger partial charge in [0.15, 0.2) is 35.4 Å². The van der Waals surface area contributed by atoms with Crippen molar-refractivity contribution >= 4 is 11.0 Å². The van der Waals surface area contributed by atoms with E-state index >= 15 is 0 Å². The monoisotopic (exact) mass is 612 g/mol. The van der Waals surface area contributed by atoms with Gasteiger partial charge in [0, 0.05) is 17.7 Å². The molecule has 0 spiro atoms. The highest BCUT2D eigenvalue weighted by atomic mass is 16.8. The summed E-state index contributed by atoms with van der Waals surface area (Å²) in [7, 11) is 0. The number of aliphatic hydroxyl groups is 6. The summed E-state index contributed by atoms with van der Waals surface area (Å²) in [5.41, 5.74) is -1.78. The standard InChI is InChI=1S/C26H28O17/c27-5-14-18(35)20(37)24(43-25-21(38)17(34)12(32)6-39-25)26(41-14)42-23-19(36)15-9(29)3-8(28)4-13(15)40-22(23)7-1-10(30)16(33)11(31)2-7/h1-4,12,14,17-18,20-21,24-35,37-38H,5-6H2/t12-,14?,17?,18-,20?,21-,24?,25+,26+/m1/s1. The second kappa shape index (κ2) is 11.6. The highest BCUT2D eigenvalue weighted by molar-refractivity contribution is 5.88. The topological polar surface area (TPSA) is 290 Å². The van der Waals surface area contributed by atoms with E-state index in [9.17, 15) is 61.0 Å². The second-order valence-corrected chi connectivity index (χ2v) is 9.97. The lowest BCUT2D eigenvalue weighted by Gasteiger charge is -2.44. The van der Waals surface area contributed by atoms with Gasteiger partial charge in [0.25, 0.3) is 0 Å². The first-order valence-corrected chi connectivity index (χ1v) is 12.7. The average Bonchev–Trinajstić information content (AvgIpc) is 2.95. The average molecular weight is 612 g/mol. The molecule has 0 amide bonds. The molecule has 2 aliphatic heterocycles. The number of ether oxygens (including phenoxy) is 4. The van der Waals surface area contributed by atoms with Gasteiger partial charge in [-0.2, -0.15) is 0 Å². The van der Waals surface area contributed by atoms with E-state index in [2.05, 4.69) is 0 Å². The summed E-state index contributed by atoms with van der Waals surface area (Å²) in [5.74, 6) is -5.23. The maximum atomic E-state index is 13.7. The van der Waals surface area contributed by atoms with Gasteiger partial charge in [0.1, 0.15) is 59.1 Å². The van der Waals surface area contributed by atoms with Crippen molar-refractivity contribution in [3.8, 4) is 45.8 Å². The van der Waals surface area contributed by atoms with Crippen LogP contribution in [0, 0.1) is 0 Å². The Morgan fingerprint density at radius 1 is 0.814 bits per heavy atom. The highest BCUT2D eigenvalue weighted by Crippen LogP contribution is 2.43. The number of hydrogen-bond donors (Lipinski definition) is 11. The molecule has 2 fully saturated rings. The molecule has 0 saturated carbocycles. The van der Waals surface area contributed by atoms with Crippen LogP contribution in [0.5, 0.6) is 34.5 Å². The van der Waals surface area contributed by atoms with Crippen LogP contribution in [0.3, 0.4) is 0 Å². The third-order valence-electron chi connectivity index (χ3n) is 7.05. The number of aliphatic hydroxyl groups excluding tert-OH is 6. The summed E-state index contributed by atoms with van der Waals surface area (Å²) in [6.07, 6.45) is -15.8. The first kappa shape index (κ1) is 30.5. The molecule has 5 rings (SSSR count). The minimum Gasteiger partial charge on any atom is -0.508 e. The normalized spacial score (nSPS) is 31.3. The van der Waals surface area contributed by atoms with Crippen molar-refractivity contribution in [2.24, 2.45) is 0 Å². The van der Waals surface area contributed by atoms with Crippen molar-refractivity contribution in [3.63, 3.8) is 0 Å². The van der Waals surface area contributed by atoms with Crippen LogP contribution in [0.15, 0.2) is 33.5 Å². The molecule has 234 valence electrons. The summed E-state index contributed by atoms with van der Waals surface area (Å²) in [6.45, 7) is -1.37. The Balaban J connectivity index is 1.64. The van der Waals surface area contributed by atoms with Crippen LogP contribution >= 0.6 is 0 Å². The maximum Gasteiger partial charge on any atom is 0.239 e. The van der Waals surface area contributed by atoms with Gasteiger partial charge in [-0.25, -0.2) is 0 Å². The fourth-order valence-corrected chi connectivity index (χ4v) is 4.77. The zero-order valence-electron chi connectivity index (χ0n) is 21.8. The summed E-state index contributed by atoms with van der Waals surface area (Å²) in [6, 6.07) is 3.54. The van der Waals surface area contributed by atoms with Crippen LogP contribution in [0.25, 0.3) is 22.3 Å². The van der Waals surface area contributed by atoms with Crippen LogP contribution in [0.1, 0.15) is 0 Å². The predicted octanol–water partition coefficient (Wildman–Crippen LogP) is -2.37. The smallest absolute Gasteiger partial charge is 0.239 e. The fraction of sp³-hybridized carbons (Fsp3) is 0.423. The zero-order valence-corrected chi connectivity index (χ0v) is 21.8. The molecule has 4 unspecified atom stereocenters.